The number of hydrogen-bond donors (Lipinski definition) is 0. The molecule has 0 saturated carbocycles. The Morgan fingerprint density at radius 1 is 0.567 bits per heavy atom. The monoisotopic (exact) mass is 1480 g/mol. The Kier molecular flexibility index (Phi) is 21.7. The summed E-state index contributed by atoms with van der Waals surface area (Å²) in [6.07, 6.45) is -8.11. The van der Waals surface area contributed by atoms with Crippen LogP contribution in [0.25, 0.3) is 5.65 Å². The van der Waals surface area contributed by atoms with E-state index >= 15 is 0 Å². The van der Waals surface area contributed by atoms with Gasteiger partial charge in [0.15, 0.2) is 5.65 Å². The van der Waals surface area contributed by atoms with Crippen molar-refractivity contribution in [2.24, 2.45) is 0 Å². The van der Waals surface area contributed by atoms with Gasteiger partial charge in [-0.1, -0.05) is 13.8 Å². The van der Waals surface area contributed by atoms with Gasteiger partial charge in [0, 0.05) is 132 Å². The second-order valence-corrected chi connectivity index (χ2v) is 30.3. The SMILES string of the molecule is CCCN(CCC)S(=O)(=O)c1ccc(C(=O)N2CCC3(CC2)c2ccc(C(=O)C(F)(F)F)n2CCN3C)cc1.Cc1cc(C(=O)N2CCC3(CC2)c2c(F)cc(C(F)(F)F)n2CCN3C)ccc1OC(C)C.Cc1cc(C)n2ncc(C(=O)N3CCC4(CC3)c3ccc(C(F)(F)F)n3CCN4C)c2n1. The molecule has 6 aliphatic rings. The average Bonchev–Trinajstić information content (AvgIpc) is 1.52. The predicted molar refractivity (Wildman–Crippen MR) is 367 cm³/mol. The molecule has 104 heavy (non-hydrogen) atoms. The zero-order valence-corrected chi connectivity index (χ0v) is 60.9. The van der Waals surface area contributed by atoms with Gasteiger partial charge >= 0.3 is 18.5 Å². The number of piperidine rings is 3. The second kappa shape index (κ2) is 29.3. The Morgan fingerprint density at radius 3 is 1.57 bits per heavy atom. The van der Waals surface area contributed by atoms with Crippen LogP contribution in [0.2, 0.25) is 0 Å². The minimum absolute atomic E-state index is 0.0215. The molecule has 0 aliphatic carbocycles. The van der Waals surface area contributed by atoms with Gasteiger partial charge in [0.1, 0.15) is 28.5 Å². The summed E-state index contributed by atoms with van der Waals surface area (Å²) in [5.41, 5.74) is 2.04. The van der Waals surface area contributed by atoms with E-state index in [1.54, 1.807) is 55.7 Å². The van der Waals surface area contributed by atoms with E-state index in [4.69, 9.17) is 4.74 Å². The Balaban J connectivity index is 0.000000157. The molecule has 3 saturated heterocycles. The number of halogens is 10. The molecule has 0 N–H and O–H groups in total. The largest absolute Gasteiger partial charge is 0.491 e. The van der Waals surface area contributed by atoms with Crippen molar-refractivity contribution in [2.45, 2.75) is 166 Å². The number of carbonyl (C=O) groups is 4. The predicted octanol–water partition coefficient (Wildman–Crippen LogP) is 12.2. The van der Waals surface area contributed by atoms with Crippen LogP contribution in [-0.4, -0.2) is 199 Å². The lowest BCUT2D eigenvalue weighted by Gasteiger charge is -2.50. The molecule has 31 heteroatoms. The molecule has 2 aromatic carbocycles. The minimum Gasteiger partial charge on any atom is -0.491 e. The Hall–Kier alpha value is -8.13. The number of aryl methyl sites for hydroxylation is 3. The molecule has 11 heterocycles. The van der Waals surface area contributed by atoms with Crippen molar-refractivity contribution in [3.63, 3.8) is 0 Å². The number of amides is 3. The standard InChI is InChI=1S/C27H35F3N4O4S.C24H29F4N3O2.C22H25F3N6O/c1-4-14-33(15-5-2)39(37,38)21-8-6-20(7-9-21)25(36)32-16-12-26(13-17-32)23-11-10-22(24(35)27(28,29)30)34(23)19-18-31(26)3;1-15(2)33-19-6-5-17(13-16(19)3)22(32)30-9-7-23(8-10-30)21-18(25)14-20(24(26,27)28)31(21)12-11-29(23)4;1-14-12-15(2)31-19(27-14)16(13-26-31)20(32)29-8-6-21(7-9-29)17-4-5-18(22(23,24)25)30(17)11-10-28(21)3/h6-11H,4-5,12-19H2,1-3H3;5-6,13-15H,7-12H2,1-4H3;4-5,12-13H,6-11H2,1-3H3. The fourth-order valence-electron chi connectivity index (χ4n) is 16.3. The number of benzene rings is 2. The summed E-state index contributed by atoms with van der Waals surface area (Å²) in [6.45, 7) is 18.6. The lowest BCUT2D eigenvalue weighted by Crippen LogP contribution is -2.57. The fourth-order valence-corrected chi connectivity index (χ4v) is 17.9. The minimum atomic E-state index is -4.94. The number of carbonyl (C=O) groups excluding carboxylic acids is 4. The van der Waals surface area contributed by atoms with Crippen LogP contribution in [0.3, 0.4) is 0 Å². The zero-order chi connectivity index (χ0) is 75.6. The van der Waals surface area contributed by atoms with E-state index in [0.717, 1.165) is 27.3 Å². The summed E-state index contributed by atoms with van der Waals surface area (Å²) in [4.78, 5) is 67.7. The molecule has 7 aromatic rings. The van der Waals surface area contributed by atoms with Crippen molar-refractivity contribution in [1.29, 1.82) is 0 Å². The van der Waals surface area contributed by atoms with E-state index in [1.807, 2.05) is 80.6 Å². The quantitative estimate of drug-likeness (QED) is 0.0836. The summed E-state index contributed by atoms with van der Waals surface area (Å²) in [7, 11) is 2.04. The summed E-state index contributed by atoms with van der Waals surface area (Å²) in [5, 5.41) is 4.31. The Labute approximate surface area is 598 Å². The number of rotatable bonds is 12. The van der Waals surface area contributed by atoms with Crippen LogP contribution in [0, 0.1) is 26.6 Å². The third-order valence-electron chi connectivity index (χ3n) is 21.8. The number of ether oxygens (including phenoxy) is 1. The third-order valence-corrected chi connectivity index (χ3v) is 23.7. The van der Waals surface area contributed by atoms with Crippen molar-refractivity contribution in [3.8, 4) is 5.75 Å². The molecule has 3 amide bonds. The molecule has 20 nitrogen and oxygen atoms in total. The highest BCUT2D eigenvalue weighted by Crippen LogP contribution is 2.48. The molecule has 0 radical (unpaired) electrons. The number of Topliss-reactive ketones (excluding diaryl/α,β-unsaturated/α-hetero) is 1. The van der Waals surface area contributed by atoms with Crippen molar-refractivity contribution < 1.29 is 76.2 Å². The lowest BCUT2D eigenvalue weighted by atomic mass is 9.81. The van der Waals surface area contributed by atoms with E-state index in [1.165, 1.54) is 49.8 Å². The molecule has 3 spiro atoms. The van der Waals surface area contributed by atoms with Gasteiger partial charge in [0.25, 0.3) is 23.5 Å². The number of likely N-dealkylation sites (N-methyl/N-ethyl adjacent to an activating group) is 3. The summed E-state index contributed by atoms with van der Waals surface area (Å²) in [5.74, 6) is -2.47. The molecule has 564 valence electrons. The first-order valence-corrected chi connectivity index (χ1v) is 36.6. The van der Waals surface area contributed by atoms with Gasteiger partial charge < -0.3 is 33.1 Å². The molecular weight excluding hydrogens is 1390 g/mol. The number of hydrogen-bond acceptors (Lipinski definition) is 12. The number of ketones is 1. The highest BCUT2D eigenvalue weighted by Gasteiger charge is 2.52. The van der Waals surface area contributed by atoms with Crippen molar-refractivity contribution >= 4 is 39.2 Å². The van der Waals surface area contributed by atoms with Gasteiger partial charge in [-0.05, 0) is 185 Å². The first-order valence-electron chi connectivity index (χ1n) is 35.2. The normalized spacial score (nSPS) is 18.5. The van der Waals surface area contributed by atoms with Gasteiger partial charge in [-0.3, -0.25) is 33.9 Å². The van der Waals surface area contributed by atoms with Gasteiger partial charge in [-0.2, -0.15) is 48.9 Å². The molecule has 0 unspecified atom stereocenters. The van der Waals surface area contributed by atoms with Crippen LogP contribution in [-0.2, 0) is 58.6 Å². The van der Waals surface area contributed by atoms with E-state index in [0.29, 0.717) is 170 Å². The second-order valence-electron chi connectivity index (χ2n) is 28.4. The molecule has 5 aromatic heterocycles. The van der Waals surface area contributed by atoms with E-state index in [2.05, 4.69) is 19.9 Å². The zero-order valence-electron chi connectivity index (χ0n) is 60.1. The highest BCUT2D eigenvalue weighted by molar-refractivity contribution is 7.89. The molecule has 13 rings (SSSR count). The molecule has 0 atom stereocenters. The van der Waals surface area contributed by atoms with Gasteiger partial charge in [-0.25, -0.2) is 22.3 Å². The topological polar surface area (TPSA) is 179 Å². The number of nitrogens with zero attached hydrogens (tertiary/aromatic N) is 13. The number of aromatic nitrogens is 6. The van der Waals surface area contributed by atoms with Crippen LogP contribution in [0.4, 0.5) is 43.9 Å². The van der Waals surface area contributed by atoms with Crippen molar-refractivity contribution in [2.75, 3.05) is 93.1 Å². The number of likely N-dealkylation sites (tertiary alicyclic amines) is 3. The highest BCUT2D eigenvalue weighted by atomic mass is 32.2. The van der Waals surface area contributed by atoms with E-state index < -0.39 is 68.2 Å². The van der Waals surface area contributed by atoms with Crippen molar-refractivity contribution in [3.05, 3.63) is 159 Å². The molecule has 0 bridgehead atoms. The maximum absolute atomic E-state index is 14.9. The van der Waals surface area contributed by atoms with Gasteiger partial charge in [-0.15, -0.1) is 0 Å². The van der Waals surface area contributed by atoms with Crippen LogP contribution < -0.4 is 4.74 Å². The third kappa shape index (κ3) is 14.4. The van der Waals surface area contributed by atoms with Crippen LogP contribution in [0.1, 0.15) is 166 Å². The number of fused-ring (bicyclic) bond motifs is 7. The maximum atomic E-state index is 14.9. The summed E-state index contributed by atoms with van der Waals surface area (Å²) in [6, 6.07) is 19.4. The Bertz CT molecular complexity index is 4450. The maximum Gasteiger partial charge on any atom is 0.456 e. The smallest absolute Gasteiger partial charge is 0.456 e. The number of alkyl halides is 9. The van der Waals surface area contributed by atoms with Gasteiger partial charge in [0.2, 0.25) is 10.0 Å². The van der Waals surface area contributed by atoms with E-state index in [-0.39, 0.29) is 53.2 Å². The van der Waals surface area contributed by atoms with E-state index in [9.17, 15) is 71.5 Å². The van der Waals surface area contributed by atoms with Crippen molar-refractivity contribution in [1.82, 2.24) is 62.0 Å². The van der Waals surface area contributed by atoms with Crippen LogP contribution in [0.15, 0.2) is 90.0 Å². The summed E-state index contributed by atoms with van der Waals surface area (Å²) < 4.78 is 174. The van der Waals surface area contributed by atoms with Crippen LogP contribution >= 0.6 is 0 Å². The first-order chi connectivity index (χ1) is 48.9. The van der Waals surface area contributed by atoms with Crippen LogP contribution in [0.5, 0.6) is 5.75 Å². The lowest BCUT2D eigenvalue weighted by molar-refractivity contribution is -0.145. The summed E-state index contributed by atoms with van der Waals surface area (Å²) >= 11 is 0. The number of sulfonamides is 1. The van der Waals surface area contributed by atoms with Gasteiger partial charge in [0.05, 0.1) is 45.2 Å². The molecule has 3 fully saturated rings. The average molecular weight is 1480 g/mol. The molecular formula is C73H89F10N13O7S. The fraction of sp³-hybridized carbons (Fsp3) is 0.534. The Morgan fingerprint density at radius 2 is 1.05 bits per heavy atom. The molecule has 6 aliphatic heterocycles. The first kappa shape index (κ1) is 77.0.